The molecule has 3 amide bonds. The number of amides is 3. The van der Waals surface area contributed by atoms with E-state index in [0.29, 0.717) is 38.4 Å². The topological polar surface area (TPSA) is 129 Å². The Balaban J connectivity index is 1.30. The maximum absolute atomic E-state index is 13.5. The molecule has 3 aromatic heterocycles. The Bertz CT molecular complexity index is 1590. The number of nitrogens with one attached hydrogen (secondary N) is 3. The molecule has 40 heavy (non-hydrogen) atoms. The molecule has 1 fully saturated rings. The maximum atomic E-state index is 13.5. The zero-order chi connectivity index (χ0) is 27.9. The van der Waals surface area contributed by atoms with Gasteiger partial charge in [-0.3, -0.25) is 10.1 Å². The van der Waals surface area contributed by atoms with E-state index in [0.717, 1.165) is 24.6 Å². The molecule has 11 heteroatoms. The van der Waals surface area contributed by atoms with Gasteiger partial charge in [0.25, 0.3) is 0 Å². The van der Waals surface area contributed by atoms with Gasteiger partial charge in [0.15, 0.2) is 5.72 Å². The molecule has 1 aliphatic carbocycles. The summed E-state index contributed by atoms with van der Waals surface area (Å²) in [6.07, 6.45) is 6.95. The third-order valence-corrected chi connectivity index (χ3v) is 8.42. The highest BCUT2D eigenvalue weighted by Gasteiger charge is 2.40. The van der Waals surface area contributed by atoms with Gasteiger partial charge in [0.05, 0.1) is 27.8 Å². The lowest BCUT2D eigenvalue weighted by Gasteiger charge is -2.33. The second kappa shape index (κ2) is 10.3. The SMILES string of the molecule is C=CC(=O)N[C@@H]1CCC[C@H]1NC(C)(O)c1sc2nccc3c2c1NC(=O)N3c1ccc(Oc2ccccc2)cn1. The molecular weight excluding hydrogens is 528 g/mol. The lowest BCUT2D eigenvalue weighted by molar-refractivity contribution is -0.117. The Morgan fingerprint density at radius 3 is 2.73 bits per heavy atom. The van der Waals surface area contributed by atoms with Gasteiger partial charge in [-0.1, -0.05) is 24.8 Å². The molecular formula is C29H28N6O4S. The second-order valence-electron chi connectivity index (χ2n) is 9.92. The number of rotatable bonds is 8. The van der Waals surface area contributed by atoms with Crippen molar-refractivity contribution in [2.75, 3.05) is 10.2 Å². The van der Waals surface area contributed by atoms with Crippen molar-refractivity contribution in [3.8, 4) is 11.5 Å². The molecule has 1 unspecified atom stereocenters. The van der Waals surface area contributed by atoms with Crippen LogP contribution in [0.4, 0.5) is 22.0 Å². The van der Waals surface area contributed by atoms with Crippen LogP contribution in [-0.2, 0) is 10.5 Å². The third-order valence-electron chi connectivity index (χ3n) is 7.11. The zero-order valence-electron chi connectivity index (χ0n) is 21.8. The average Bonchev–Trinajstić information content (AvgIpc) is 3.55. The molecule has 6 rings (SSSR count). The smallest absolute Gasteiger partial charge is 0.332 e. The van der Waals surface area contributed by atoms with Crippen LogP contribution in [0.15, 0.2) is 73.6 Å². The van der Waals surface area contributed by atoms with Gasteiger partial charge in [0.1, 0.15) is 22.1 Å². The van der Waals surface area contributed by atoms with Crippen molar-refractivity contribution in [2.24, 2.45) is 0 Å². The number of carbonyl (C=O) groups is 2. The third kappa shape index (κ3) is 4.79. The van der Waals surface area contributed by atoms with Crippen LogP contribution in [0, 0.1) is 0 Å². The number of thiophene rings is 1. The van der Waals surface area contributed by atoms with E-state index < -0.39 is 11.8 Å². The van der Waals surface area contributed by atoms with E-state index in [4.69, 9.17) is 4.74 Å². The Morgan fingerprint density at radius 2 is 1.98 bits per heavy atom. The number of aliphatic hydroxyl groups is 1. The average molecular weight is 557 g/mol. The molecule has 1 aromatic carbocycles. The summed E-state index contributed by atoms with van der Waals surface area (Å²) < 4.78 is 5.84. The second-order valence-corrected chi connectivity index (χ2v) is 10.9. The molecule has 4 heterocycles. The number of urea groups is 1. The molecule has 0 saturated heterocycles. The van der Waals surface area contributed by atoms with Crippen molar-refractivity contribution in [3.63, 3.8) is 0 Å². The van der Waals surface area contributed by atoms with Gasteiger partial charge in [-0.25, -0.2) is 19.7 Å². The molecule has 4 N–H and O–H groups in total. The normalized spacial score (nSPS) is 19.6. The van der Waals surface area contributed by atoms with Crippen LogP contribution in [0.3, 0.4) is 0 Å². The molecule has 204 valence electrons. The predicted molar refractivity (Wildman–Crippen MR) is 154 cm³/mol. The van der Waals surface area contributed by atoms with E-state index in [1.807, 2.05) is 30.3 Å². The number of pyridine rings is 2. The summed E-state index contributed by atoms with van der Waals surface area (Å²) in [5, 5.41) is 21.6. The lowest BCUT2D eigenvalue weighted by atomic mass is 10.1. The van der Waals surface area contributed by atoms with Crippen molar-refractivity contribution in [1.82, 2.24) is 20.6 Å². The summed E-state index contributed by atoms with van der Waals surface area (Å²) in [6.45, 7) is 5.18. The molecule has 1 aliphatic heterocycles. The highest BCUT2D eigenvalue weighted by molar-refractivity contribution is 7.19. The highest BCUT2D eigenvalue weighted by atomic mass is 32.1. The van der Waals surface area contributed by atoms with Gasteiger partial charge in [-0.2, -0.15) is 0 Å². The minimum atomic E-state index is -1.49. The number of aromatic nitrogens is 2. The number of anilines is 3. The largest absolute Gasteiger partial charge is 0.456 e. The molecule has 10 nitrogen and oxygen atoms in total. The standard InChI is InChI=1S/C29H28N6O4S/c1-3-23(36)32-19-10-7-11-20(19)34-29(2,38)26-25-24-21(14-15-30-27(24)40-26)35(28(37)33-25)22-13-12-18(16-31-22)39-17-8-5-4-6-9-17/h3-6,8-9,12-16,19-20,34,38H,1,7,10-11H2,2H3,(H,32,36)(H,33,37)/t19-,20-,29?/m1/s1. The Kier molecular flexibility index (Phi) is 6.70. The minimum absolute atomic E-state index is 0.138. The number of ether oxygens (including phenoxy) is 1. The fraction of sp³-hybridized carbons (Fsp3) is 0.241. The van der Waals surface area contributed by atoms with E-state index in [1.54, 1.807) is 37.5 Å². The van der Waals surface area contributed by atoms with Gasteiger partial charge in [-0.05, 0) is 62.6 Å². The predicted octanol–water partition coefficient (Wildman–Crippen LogP) is 5.15. The Morgan fingerprint density at radius 1 is 1.18 bits per heavy atom. The Hall–Kier alpha value is -4.32. The first-order valence-corrected chi connectivity index (χ1v) is 13.8. The van der Waals surface area contributed by atoms with Crippen molar-refractivity contribution < 1.29 is 19.4 Å². The summed E-state index contributed by atoms with van der Waals surface area (Å²) in [5.74, 6) is 1.40. The van der Waals surface area contributed by atoms with E-state index in [1.165, 1.54) is 22.3 Å². The highest BCUT2D eigenvalue weighted by Crippen LogP contribution is 2.48. The summed E-state index contributed by atoms with van der Waals surface area (Å²) in [4.78, 5) is 37.1. The van der Waals surface area contributed by atoms with Gasteiger partial charge >= 0.3 is 6.03 Å². The van der Waals surface area contributed by atoms with Crippen molar-refractivity contribution in [2.45, 2.75) is 44.0 Å². The summed E-state index contributed by atoms with van der Waals surface area (Å²) in [7, 11) is 0. The first-order chi connectivity index (χ1) is 19.3. The van der Waals surface area contributed by atoms with E-state index >= 15 is 0 Å². The lowest BCUT2D eigenvalue weighted by Crippen LogP contribution is -2.53. The van der Waals surface area contributed by atoms with Crippen molar-refractivity contribution >= 4 is 50.7 Å². The molecule has 0 bridgehead atoms. The van der Waals surface area contributed by atoms with Gasteiger partial charge in [-0.15, -0.1) is 11.3 Å². The van der Waals surface area contributed by atoms with Crippen LogP contribution in [0.5, 0.6) is 11.5 Å². The molecule has 2 aliphatic rings. The molecule has 0 radical (unpaired) electrons. The van der Waals surface area contributed by atoms with E-state index in [9.17, 15) is 14.7 Å². The van der Waals surface area contributed by atoms with Crippen LogP contribution in [0.25, 0.3) is 10.2 Å². The number of hydrogen-bond donors (Lipinski definition) is 4. The van der Waals surface area contributed by atoms with Crippen molar-refractivity contribution in [3.05, 3.63) is 78.5 Å². The van der Waals surface area contributed by atoms with E-state index in [-0.39, 0.29) is 18.0 Å². The zero-order valence-corrected chi connectivity index (χ0v) is 22.6. The van der Waals surface area contributed by atoms with Crippen LogP contribution in [0.2, 0.25) is 0 Å². The number of benzene rings is 1. The summed E-state index contributed by atoms with van der Waals surface area (Å²) >= 11 is 1.31. The number of nitrogens with zero attached hydrogens (tertiary/aromatic N) is 3. The van der Waals surface area contributed by atoms with Gasteiger partial charge in [0.2, 0.25) is 5.91 Å². The number of para-hydroxylation sites is 1. The van der Waals surface area contributed by atoms with Crippen LogP contribution >= 0.6 is 11.3 Å². The van der Waals surface area contributed by atoms with Gasteiger partial charge < -0.3 is 20.5 Å². The monoisotopic (exact) mass is 556 g/mol. The quantitative estimate of drug-likeness (QED) is 0.175. The van der Waals surface area contributed by atoms with Crippen LogP contribution in [-0.4, -0.2) is 39.1 Å². The van der Waals surface area contributed by atoms with Gasteiger partial charge in [0, 0.05) is 18.3 Å². The first kappa shape index (κ1) is 25.9. The Labute approximate surface area is 234 Å². The van der Waals surface area contributed by atoms with Crippen LogP contribution < -0.4 is 25.6 Å². The summed E-state index contributed by atoms with van der Waals surface area (Å²) in [6, 6.07) is 13.9. The fourth-order valence-corrected chi connectivity index (χ4v) is 6.45. The molecule has 4 aromatic rings. The van der Waals surface area contributed by atoms with Crippen molar-refractivity contribution in [1.29, 1.82) is 0 Å². The fourth-order valence-electron chi connectivity index (χ4n) is 5.32. The van der Waals surface area contributed by atoms with E-state index in [2.05, 4.69) is 32.5 Å². The first-order valence-electron chi connectivity index (χ1n) is 13.0. The number of hydrogen-bond acceptors (Lipinski definition) is 8. The number of carbonyl (C=O) groups excluding carboxylic acids is 2. The molecule has 3 atom stereocenters. The summed E-state index contributed by atoms with van der Waals surface area (Å²) in [5.41, 5.74) is -0.368. The minimum Gasteiger partial charge on any atom is -0.456 e. The van der Waals surface area contributed by atoms with Crippen LogP contribution in [0.1, 0.15) is 31.1 Å². The molecule has 0 spiro atoms. The maximum Gasteiger partial charge on any atom is 0.332 e. The molecule has 1 saturated carbocycles.